The summed E-state index contributed by atoms with van der Waals surface area (Å²) < 4.78 is 5.46. The first-order valence-electron chi connectivity index (χ1n) is 10.3. The molecule has 2 aromatic carbocycles. The molecule has 2 aromatic heterocycles. The number of anilines is 1. The fraction of sp³-hybridized carbons (Fsp3) is 0.160. The van der Waals surface area contributed by atoms with E-state index in [9.17, 15) is 4.79 Å². The SMILES string of the molecule is CCN(CC)c1ccc(C=NNC(=O)c2cc(-c3ccco3)nc3ccccc23)cc1. The third-order valence-electron chi connectivity index (χ3n) is 5.14. The number of hydrogen-bond acceptors (Lipinski definition) is 5. The first-order chi connectivity index (χ1) is 15.2. The molecule has 0 aliphatic heterocycles. The van der Waals surface area contributed by atoms with Gasteiger partial charge in [0.2, 0.25) is 0 Å². The van der Waals surface area contributed by atoms with Crippen molar-refractivity contribution < 1.29 is 9.21 Å². The third kappa shape index (κ3) is 4.48. The lowest BCUT2D eigenvalue weighted by atomic mass is 10.1. The molecule has 0 saturated carbocycles. The Balaban J connectivity index is 1.55. The topological polar surface area (TPSA) is 70.7 Å². The van der Waals surface area contributed by atoms with Crippen LogP contribution in [0.4, 0.5) is 5.69 Å². The molecule has 0 radical (unpaired) electrons. The van der Waals surface area contributed by atoms with Crippen LogP contribution in [0.3, 0.4) is 0 Å². The quantitative estimate of drug-likeness (QED) is 0.338. The van der Waals surface area contributed by atoms with Gasteiger partial charge in [0.05, 0.1) is 23.6 Å². The van der Waals surface area contributed by atoms with Crippen molar-refractivity contribution in [2.45, 2.75) is 13.8 Å². The number of benzene rings is 2. The number of rotatable bonds is 7. The summed E-state index contributed by atoms with van der Waals surface area (Å²) >= 11 is 0. The molecular formula is C25H24N4O2. The number of nitrogens with one attached hydrogen (secondary N) is 1. The number of nitrogens with zero attached hydrogens (tertiary/aromatic N) is 3. The molecule has 6 heteroatoms. The molecule has 4 rings (SSSR count). The van der Waals surface area contributed by atoms with E-state index in [2.05, 4.69) is 46.4 Å². The molecule has 6 nitrogen and oxygen atoms in total. The first-order valence-corrected chi connectivity index (χ1v) is 10.3. The zero-order valence-corrected chi connectivity index (χ0v) is 17.6. The number of hydrogen-bond donors (Lipinski definition) is 1. The van der Waals surface area contributed by atoms with E-state index in [0.717, 1.165) is 29.6 Å². The number of aromatic nitrogens is 1. The first kappa shape index (κ1) is 20.3. The summed E-state index contributed by atoms with van der Waals surface area (Å²) in [6, 6.07) is 20.9. The minimum Gasteiger partial charge on any atom is -0.463 e. The highest BCUT2D eigenvalue weighted by Gasteiger charge is 2.14. The number of carbonyl (C=O) groups excluding carboxylic acids is 1. The lowest BCUT2D eigenvalue weighted by Gasteiger charge is -2.20. The number of furan rings is 1. The standard InChI is InChI=1S/C25H24N4O2/c1-3-29(4-2)19-13-11-18(12-14-19)17-26-28-25(30)21-16-23(24-10-7-15-31-24)27-22-9-6-5-8-20(21)22/h5-17H,3-4H2,1-2H3,(H,28,30). The molecule has 0 atom stereocenters. The monoisotopic (exact) mass is 412 g/mol. The van der Waals surface area contributed by atoms with Gasteiger partial charge in [-0.05, 0) is 55.8 Å². The van der Waals surface area contributed by atoms with Crippen LogP contribution < -0.4 is 10.3 Å². The highest BCUT2D eigenvalue weighted by Crippen LogP contribution is 2.25. The Morgan fingerprint density at radius 1 is 1.06 bits per heavy atom. The zero-order valence-electron chi connectivity index (χ0n) is 17.6. The van der Waals surface area contributed by atoms with Gasteiger partial charge in [-0.1, -0.05) is 30.3 Å². The van der Waals surface area contributed by atoms with Crippen LogP contribution in [-0.4, -0.2) is 30.2 Å². The summed E-state index contributed by atoms with van der Waals surface area (Å²) in [6.45, 7) is 6.18. The molecule has 0 fully saturated rings. The minimum atomic E-state index is -0.303. The smallest absolute Gasteiger partial charge is 0.272 e. The van der Waals surface area contributed by atoms with Crippen molar-refractivity contribution in [3.8, 4) is 11.5 Å². The van der Waals surface area contributed by atoms with Crippen molar-refractivity contribution in [1.29, 1.82) is 0 Å². The van der Waals surface area contributed by atoms with Gasteiger partial charge in [0.25, 0.3) is 5.91 Å². The molecule has 156 valence electrons. The van der Waals surface area contributed by atoms with E-state index in [1.54, 1.807) is 24.6 Å². The molecule has 4 aromatic rings. The van der Waals surface area contributed by atoms with E-state index in [1.807, 2.05) is 42.5 Å². The molecule has 0 unspecified atom stereocenters. The summed E-state index contributed by atoms with van der Waals surface area (Å²) in [7, 11) is 0. The Hall–Kier alpha value is -3.93. The summed E-state index contributed by atoms with van der Waals surface area (Å²) in [5.74, 6) is 0.305. The van der Waals surface area contributed by atoms with E-state index in [1.165, 1.54) is 5.69 Å². The molecule has 0 saturated heterocycles. The van der Waals surface area contributed by atoms with Crippen LogP contribution in [0, 0.1) is 0 Å². The van der Waals surface area contributed by atoms with Crippen LogP contribution in [0.5, 0.6) is 0 Å². The van der Waals surface area contributed by atoms with Gasteiger partial charge >= 0.3 is 0 Å². The van der Waals surface area contributed by atoms with Gasteiger partial charge in [-0.25, -0.2) is 10.4 Å². The molecule has 1 amide bonds. The van der Waals surface area contributed by atoms with Crippen LogP contribution in [0.2, 0.25) is 0 Å². The lowest BCUT2D eigenvalue weighted by molar-refractivity contribution is 0.0956. The van der Waals surface area contributed by atoms with Gasteiger partial charge in [0.1, 0.15) is 5.69 Å². The fourth-order valence-corrected chi connectivity index (χ4v) is 3.50. The number of hydrazone groups is 1. The van der Waals surface area contributed by atoms with Gasteiger partial charge in [0, 0.05) is 24.2 Å². The Morgan fingerprint density at radius 2 is 1.84 bits per heavy atom. The Bertz CT molecular complexity index is 1190. The number of pyridine rings is 1. The molecule has 2 heterocycles. The number of para-hydroxylation sites is 1. The Kier molecular flexibility index (Phi) is 6.08. The van der Waals surface area contributed by atoms with Gasteiger partial charge < -0.3 is 9.32 Å². The van der Waals surface area contributed by atoms with Crippen molar-refractivity contribution in [2.75, 3.05) is 18.0 Å². The second-order valence-corrected chi connectivity index (χ2v) is 7.01. The van der Waals surface area contributed by atoms with Crippen LogP contribution in [-0.2, 0) is 0 Å². The van der Waals surface area contributed by atoms with E-state index >= 15 is 0 Å². The van der Waals surface area contributed by atoms with Crippen molar-refractivity contribution in [3.05, 3.63) is 84.1 Å². The van der Waals surface area contributed by atoms with E-state index in [4.69, 9.17) is 4.42 Å². The second kappa shape index (κ2) is 9.26. The van der Waals surface area contributed by atoms with Crippen molar-refractivity contribution in [2.24, 2.45) is 5.10 Å². The van der Waals surface area contributed by atoms with E-state index in [0.29, 0.717) is 17.0 Å². The van der Waals surface area contributed by atoms with Crippen LogP contribution in [0.15, 0.2) is 82.5 Å². The van der Waals surface area contributed by atoms with Crippen LogP contribution in [0.25, 0.3) is 22.4 Å². The maximum Gasteiger partial charge on any atom is 0.272 e. The molecule has 31 heavy (non-hydrogen) atoms. The summed E-state index contributed by atoms with van der Waals surface area (Å²) in [4.78, 5) is 19.8. The molecule has 0 aliphatic rings. The largest absolute Gasteiger partial charge is 0.463 e. The van der Waals surface area contributed by atoms with Gasteiger partial charge in [0.15, 0.2) is 5.76 Å². The summed E-state index contributed by atoms with van der Waals surface area (Å²) in [5.41, 5.74) is 6.52. The van der Waals surface area contributed by atoms with E-state index in [-0.39, 0.29) is 5.91 Å². The van der Waals surface area contributed by atoms with Crippen molar-refractivity contribution in [1.82, 2.24) is 10.4 Å². The van der Waals surface area contributed by atoms with Gasteiger partial charge in [-0.3, -0.25) is 4.79 Å². The summed E-state index contributed by atoms with van der Waals surface area (Å²) in [6.07, 6.45) is 3.22. The van der Waals surface area contributed by atoms with Crippen LogP contribution >= 0.6 is 0 Å². The maximum absolute atomic E-state index is 12.9. The normalized spacial score (nSPS) is 11.2. The summed E-state index contributed by atoms with van der Waals surface area (Å²) in [5, 5.41) is 4.91. The second-order valence-electron chi connectivity index (χ2n) is 7.01. The average molecular weight is 412 g/mol. The molecular weight excluding hydrogens is 388 g/mol. The highest BCUT2D eigenvalue weighted by molar-refractivity contribution is 6.07. The molecule has 0 spiro atoms. The van der Waals surface area contributed by atoms with Crippen molar-refractivity contribution >= 4 is 28.7 Å². The predicted octanol–water partition coefficient (Wildman–Crippen LogP) is 5.10. The number of amides is 1. The third-order valence-corrected chi connectivity index (χ3v) is 5.14. The maximum atomic E-state index is 12.9. The molecule has 1 N–H and O–H groups in total. The average Bonchev–Trinajstić information content (AvgIpc) is 3.35. The predicted molar refractivity (Wildman–Crippen MR) is 125 cm³/mol. The number of fused-ring (bicyclic) bond motifs is 1. The minimum absolute atomic E-state index is 0.303. The molecule has 0 aliphatic carbocycles. The molecule has 0 bridgehead atoms. The van der Waals surface area contributed by atoms with Gasteiger partial charge in [-0.2, -0.15) is 5.10 Å². The lowest BCUT2D eigenvalue weighted by Crippen LogP contribution is -2.21. The zero-order chi connectivity index (χ0) is 21.6. The Morgan fingerprint density at radius 3 is 2.55 bits per heavy atom. The number of carbonyl (C=O) groups is 1. The van der Waals surface area contributed by atoms with Gasteiger partial charge in [-0.15, -0.1) is 0 Å². The fourth-order valence-electron chi connectivity index (χ4n) is 3.50. The van der Waals surface area contributed by atoms with Crippen LogP contribution in [0.1, 0.15) is 29.8 Å². The van der Waals surface area contributed by atoms with Crippen molar-refractivity contribution in [3.63, 3.8) is 0 Å². The Labute approximate surface area is 181 Å². The van der Waals surface area contributed by atoms with E-state index < -0.39 is 0 Å². The highest BCUT2D eigenvalue weighted by atomic mass is 16.3.